The maximum absolute atomic E-state index is 11.1. The number of halogens is 1. The smallest absolute Gasteiger partial charge is 0.251 e. The third kappa shape index (κ3) is 5.99. The number of rotatable bonds is 3. The molecule has 4 heteroatoms. The van der Waals surface area contributed by atoms with E-state index in [0.717, 1.165) is 0 Å². The molecular formula is C3H7FO2P+. The van der Waals surface area contributed by atoms with E-state index in [1.165, 1.54) is 0 Å². The molecule has 0 amide bonds. The van der Waals surface area contributed by atoms with Gasteiger partial charge in [-0.25, -0.2) is 0 Å². The van der Waals surface area contributed by atoms with Crippen LogP contribution >= 0.6 is 8.03 Å². The zero-order valence-electron chi connectivity index (χ0n) is 3.80. The Bertz CT molecular complexity index is 66.0. The third-order valence-corrected chi connectivity index (χ3v) is 1.18. The number of alkyl halides is 1. The standard InChI is InChI=1S/C3H6FO2P/c4-2-1-3-7(5)6/h1-3H2/p+1. The van der Waals surface area contributed by atoms with E-state index in [-0.39, 0.29) is 12.6 Å². The van der Waals surface area contributed by atoms with Gasteiger partial charge in [0.25, 0.3) is 0 Å². The van der Waals surface area contributed by atoms with Gasteiger partial charge < -0.3 is 0 Å². The molecule has 0 aliphatic carbocycles. The molecule has 0 aliphatic heterocycles. The summed E-state index contributed by atoms with van der Waals surface area (Å²) in [5.41, 5.74) is 0. The molecule has 0 fully saturated rings. The van der Waals surface area contributed by atoms with E-state index < -0.39 is 14.7 Å². The minimum atomic E-state index is -2.10. The molecule has 0 heterocycles. The van der Waals surface area contributed by atoms with E-state index in [1.807, 2.05) is 0 Å². The van der Waals surface area contributed by atoms with Crippen molar-refractivity contribution in [2.45, 2.75) is 6.42 Å². The number of hydrogen-bond donors (Lipinski definition) is 1. The van der Waals surface area contributed by atoms with E-state index in [4.69, 9.17) is 4.89 Å². The highest BCUT2D eigenvalue weighted by Crippen LogP contribution is 2.12. The quantitative estimate of drug-likeness (QED) is 0.573. The summed E-state index contributed by atoms with van der Waals surface area (Å²) in [4.78, 5) is 8.03. The summed E-state index contributed by atoms with van der Waals surface area (Å²) in [6.45, 7) is -0.498. The SMILES string of the molecule is O=[P+](O)CCCF. The van der Waals surface area contributed by atoms with Crippen LogP contribution in [-0.4, -0.2) is 17.7 Å². The van der Waals surface area contributed by atoms with Crippen molar-refractivity contribution >= 4 is 8.03 Å². The van der Waals surface area contributed by atoms with Crippen molar-refractivity contribution in [2.75, 3.05) is 12.8 Å². The van der Waals surface area contributed by atoms with Gasteiger partial charge in [-0.3, -0.25) is 4.39 Å². The zero-order valence-corrected chi connectivity index (χ0v) is 4.70. The van der Waals surface area contributed by atoms with Gasteiger partial charge in [-0.2, -0.15) is 4.89 Å². The molecule has 42 valence electrons. The largest absolute Gasteiger partial charge is 0.505 e. The van der Waals surface area contributed by atoms with Crippen LogP contribution in [0.3, 0.4) is 0 Å². The highest BCUT2D eigenvalue weighted by molar-refractivity contribution is 7.37. The Hall–Kier alpha value is -0.0100. The highest BCUT2D eigenvalue weighted by Gasteiger charge is 2.06. The first-order valence-corrected chi connectivity index (χ1v) is 3.36. The zero-order chi connectivity index (χ0) is 5.70. The van der Waals surface area contributed by atoms with Gasteiger partial charge >= 0.3 is 8.03 Å². The lowest BCUT2D eigenvalue weighted by atomic mass is 10.6. The van der Waals surface area contributed by atoms with Crippen molar-refractivity contribution < 1.29 is 13.8 Å². The van der Waals surface area contributed by atoms with Crippen LogP contribution in [-0.2, 0) is 4.57 Å². The van der Waals surface area contributed by atoms with Crippen molar-refractivity contribution in [1.82, 2.24) is 0 Å². The molecule has 0 spiro atoms. The molecule has 0 rings (SSSR count). The summed E-state index contributed by atoms with van der Waals surface area (Å²) in [7, 11) is -2.10. The maximum Gasteiger partial charge on any atom is 0.505 e. The molecular weight excluding hydrogens is 118 g/mol. The molecule has 0 bridgehead atoms. The minimum Gasteiger partial charge on any atom is -0.251 e. The topological polar surface area (TPSA) is 37.3 Å². The van der Waals surface area contributed by atoms with Gasteiger partial charge in [0.15, 0.2) is 6.16 Å². The summed E-state index contributed by atoms with van der Waals surface area (Å²) in [5, 5.41) is 0. The Labute approximate surface area is 42.2 Å². The summed E-state index contributed by atoms with van der Waals surface area (Å²) in [6, 6.07) is 0. The van der Waals surface area contributed by atoms with Crippen molar-refractivity contribution in [1.29, 1.82) is 0 Å². The second kappa shape index (κ2) is 4.16. The van der Waals surface area contributed by atoms with Crippen molar-refractivity contribution in [2.24, 2.45) is 0 Å². The first-order chi connectivity index (χ1) is 3.27. The van der Waals surface area contributed by atoms with Crippen LogP contribution in [0.1, 0.15) is 6.42 Å². The van der Waals surface area contributed by atoms with Crippen LogP contribution in [0, 0.1) is 0 Å². The molecule has 0 aromatic rings. The number of hydrogen-bond acceptors (Lipinski definition) is 1. The first kappa shape index (κ1) is 6.99. The molecule has 1 N–H and O–H groups in total. The van der Waals surface area contributed by atoms with Crippen LogP contribution in [0.5, 0.6) is 0 Å². The Balaban J connectivity index is 2.82. The molecule has 7 heavy (non-hydrogen) atoms. The van der Waals surface area contributed by atoms with E-state index in [9.17, 15) is 8.96 Å². The van der Waals surface area contributed by atoms with Crippen LogP contribution in [0.15, 0.2) is 0 Å². The van der Waals surface area contributed by atoms with Crippen molar-refractivity contribution in [3.63, 3.8) is 0 Å². The van der Waals surface area contributed by atoms with E-state index >= 15 is 0 Å². The molecule has 0 aromatic carbocycles. The van der Waals surface area contributed by atoms with E-state index in [2.05, 4.69) is 0 Å². The van der Waals surface area contributed by atoms with E-state index in [0.29, 0.717) is 0 Å². The minimum absolute atomic E-state index is 0.0891. The molecule has 0 aliphatic rings. The van der Waals surface area contributed by atoms with Crippen LogP contribution in [0.25, 0.3) is 0 Å². The first-order valence-electron chi connectivity index (χ1n) is 1.97. The fourth-order valence-corrected chi connectivity index (χ4v) is 0.585. The highest BCUT2D eigenvalue weighted by atomic mass is 31.1. The lowest BCUT2D eigenvalue weighted by Crippen LogP contribution is -1.78. The third-order valence-electron chi connectivity index (χ3n) is 0.483. The van der Waals surface area contributed by atoms with Gasteiger partial charge in [-0.15, -0.1) is 0 Å². The van der Waals surface area contributed by atoms with Crippen molar-refractivity contribution in [3.8, 4) is 0 Å². The summed E-state index contributed by atoms with van der Waals surface area (Å²) >= 11 is 0. The van der Waals surface area contributed by atoms with E-state index in [1.54, 1.807) is 0 Å². The Morgan fingerprint density at radius 2 is 2.29 bits per heavy atom. The predicted molar refractivity (Wildman–Crippen MR) is 25.3 cm³/mol. The Morgan fingerprint density at radius 1 is 1.71 bits per heavy atom. The lowest BCUT2D eigenvalue weighted by Gasteiger charge is -1.73. The molecule has 0 saturated carbocycles. The molecule has 1 unspecified atom stereocenters. The summed E-state index contributed by atoms with van der Waals surface area (Å²) in [6.07, 6.45) is 0.289. The molecule has 0 aromatic heterocycles. The predicted octanol–water partition coefficient (Wildman–Crippen LogP) is 1.08. The van der Waals surface area contributed by atoms with Gasteiger partial charge in [0.05, 0.1) is 6.67 Å². The molecule has 1 atom stereocenters. The molecule has 0 radical (unpaired) electrons. The fraction of sp³-hybridized carbons (Fsp3) is 1.00. The van der Waals surface area contributed by atoms with Gasteiger partial charge in [0.2, 0.25) is 0 Å². The van der Waals surface area contributed by atoms with Gasteiger partial charge in [-0.05, 0) is 4.57 Å². The van der Waals surface area contributed by atoms with Gasteiger partial charge in [-0.1, -0.05) is 0 Å². The fourth-order valence-electron chi connectivity index (χ4n) is 0.195. The monoisotopic (exact) mass is 125 g/mol. The Morgan fingerprint density at radius 3 is 2.43 bits per heavy atom. The average molecular weight is 125 g/mol. The van der Waals surface area contributed by atoms with Gasteiger partial charge in [0, 0.05) is 6.42 Å². The average Bonchev–Trinajstić information content (AvgIpc) is 1.61. The van der Waals surface area contributed by atoms with Crippen LogP contribution < -0.4 is 0 Å². The lowest BCUT2D eigenvalue weighted by molar-refractivity contribution is 0.469. The van der Waals surface area contributed by atoms with Gasteiger partial charge in [0.1, 0.15) is 0 Å². The normalized spacial score (nSPS) is 11.4. The molecule has 0 saturated heterocycles. The van der Waals surface area contributed by atoms with Crippen LogP contribution in [0.2, 0.25) is 0 Å². The van der Waals surface area contributed by atoms with Crippen LogP contribution in [0.4, 0.5) is 4.39 Å². The summed E-state index contributed by atoms with van der Waals surface area (Å²) < 4.78 is 20.9. The second-order valence-electron chi connectivity index (χ2n) is 1.12. The van der Waals surface area contributed by atoms with Crippen molar-refractivity contribution in [3.05, 3.63) is 0 Å². The molecule has 2 nitrogen and oxygen atoms in total. The second-order valence-corrected chi connectivity index (χ2v) is 2.27. The summed E-state index contributed by atoms with van der Waals surface area (Å²) in [5.74, 6) is 0. The maximum atomic E-state index is 11.1. The Kier molecular flexibility index (Phi) is 4.15.